The zero-order chi connectivity index (χ0) is 8.65. The molecule has 3 nitrogen and oxygen atoms in total. The molecular formula is C4HBr2NaO3S2. The fourth-order valence-corrected chi connectivity index (χ4v) is 4.72. The van der Waals surface area contributed by atoms with Gasteiger partial charge in [-0.2, -0.15) is 0 Å². The normalized spacial score (nSPS) is 10.9. The van der Waals surface area contributed by atoms with Crippen molar-refractivity contribution >= 4 is 53.3 Å². The van der Waals surface area contributed by atoms with E-state index in [1.807, 2.05) is 0 Å². The molecule has 0 bridgehead atoms. The Morgan fingerprint density at radius 3 is 2.08 bits per heavy atom. The Kier molecular flexibility index (Phi) is 5.52. The van der Waals surface area contributed by atoms with Crippen molar-refractivity contribution in [2.24, 2.45) is 0 Å². The van der Waals surface area contributed by atoms with E-state index >= 15 is 0 Å². The van der Waals surface area contributed by atoms with E-state index in [2.05, 4.69) is 31.9 Å². The number of halogens is 2. The monoisotopic (exact) mass is 342 g/mol. The molecule has 0 aliphatic rings. The molecule has 0 atom stereocenters. The summed E-state index contributed by atoms with van der Waals surface area (Å²) in [5.74, 6) is 0. The summed E-state index contributed by atoms with van der Waals surface area (Å²) in [5.41, 5.74) is 0. The fourth-order valence-electron chi connectivity index (χ4n) is 0.496. The molecule has 62 valence electrons. The van der Waals surface area contributed by atoms with Gasteiger partial charge in [0.25, 0.3) is 0 Å². The van der Waals surface area contributed by atoms with E-state index in [4.69, 9.17) is 0 Å². The molecule has 0 aromatic carbocycles. The zero-order valence-corrected chi connectivity index (χ0v) is 12.7. The first-order valence-electron chi connectivity index (χ1n) is 2.32. The van der Waals surface area contributed by atoms with Crippen LogP contribution in [0.2, 0.25) is 0 Å². The summed E-state index contributed by atoms with van der Waals surface area (Å²) < 4.78 is 32.3. The molecule has 0 saturated heterocycles. The summed E-state index contributed by atoms with van der Waals surface area (Å²) in [6.07, 6.45) is 0. The van der Waals surface area contributed by atoms with Crippen molar-refractivity contribution in [1.29, 1.82) is 0 Å². The molecule has 1 rings (SSSR count). The van der Waals surface area contributed by atoms with Gasteiger partial charge >= 0.3 is 29.6 Å². The van der Waals surface area contributed by atoms with Crippen LogP contribution in [0.5, 0.6) is 0 Å². The van der Waals surface area contributed by atoms with Crippen LogP contribution < -0.4 is 29.6 Å². The number of hydrogen-bond acceptors (Lipinski definition) is 4. The largest absolute Gasteiger partial charge is 1.00 e. The molecule has 0 unspecified atom stereocenters. The second-order valence-corrected chi connectivity index (χ2v) is 6.74. The maximum atomic E-state index is 10.5. The quantitative estimate of drug-likeness (QED) is 0.494. The summed E-state index contributed by atoms with van der Waals surface area (Å²) in [6.45, 7) is 0. The molecule has 0 saturated carbocycles. The van der Waals surface area contributed by atoms with Crippen LogP contribution in [0.3, 0.4) is 0 Å². The Balaban J connectivity index is 0.00000121. The Labute approximate surface area is 113 Å². The van der Waals surface area contributed by atoms with Crippen molar-refractivity contribution in [3.8, 4) is 0 Å². The van der Waals surface area contributed by atoms with Crippen LogP contribution in [0.4, 0.5) is 0 Å². The van der Waals surface area contributed by atoms with Crippen molar-refractivity contribution in [2.45, 2.75) is 4.90 Å². The molecule has 1 heterocycles. The SMILES string of the molecule is O=S(=O)([O-])c1cc(Br)sc1Br.[Na+]. The Morgan fingerprint density at radius 2 is 1.92 bits per heavy atom. The molecule has 0 fully saturated rings. The maximum absolute atomic E-state index is 10.5. The molecule has 1 aromatic heterocycles. The topological polar surface area (TPSA) is 57.2 Å². The molecule has 0 amide bonds. The summed E-state index contributed by atoms with van der Waals surface area (Å²) >= 11 is 7.17. The molecular weight excluding hydrogens is 343 g/mol. The van der Waals surface area contributed by atoms with Crippen LogP contribution in [-0.2, 0) is 10.1 Å². The molecule has 0 spiro atoms. The first-order valence-corrected chi connectivity index (χ1v) is 6.13. The zero-order valence-electron chi connectivity index (χ0n) is 5.87. The van der Waals surface area contributed by atoms with Gasteiger partial charge in [0, 0.05) is 0 Å². The summed E-state index contributed by atoms with van der Waals surface area (Å²) in [5, 5.41) is 0. The molecule has 12 heavy (non-hydrogen) atoms. The molecule has 0 radical (unpaired) electrons. The van der Waals surface area contributed by atoms with Gasteiger partial charge in [0.2, 0.25) is 0 Å². The van der Waals surface area contributed by atoms with Gasteiger partial charge < -0.3 is 4.55 Å². The van der Waals surface area contributed by atoms with Gasteiger partial charge in [-0.1, -0.05) is 0 Å². The van der Waals surface area contributed by atoms with E-state index in [0.717, 1.165) is 11.3 Å². The average molecular weight is 344 g/mol. The van der Waals surface area contributed by atoms with Crippen LogP contribution >= 0.6 is 43.2 Å². The second kappa shape index (κ2) is 4.88. The van der Waals surface area contributed by atoms with Crippen molar-refractivity contribution in [3.63, 3.8) is 0 Å². The second-order valence-electron chi connectivity index (χ2n) is 1.64. The van der Waals surface area contributed by atoms with E-state index in [1.165, 1.54) is 6.07 Å². The van der Waals surface area contributed by atoms with Crippen molar-refractivity contribution in [2.75, 3.05) is 0 Å². The first kappa shape index (κ1) is 13.6. The third-order valence-electron chi connectivity index (χ3n) is 0.895. The minimum atomic E-state index is -4.33. The van der Waals surface area contributed by atoms with E-state index < -0.39 is 10.1 Å². The first-order chi connectivity index (χ1) is 4.91. The maximum Gasteiger partial charge on any atom is 1.00 e. The van der Waals surface area contributed by atoms with E-state index in [-0.39, 0.29) is 34.5 Å². The van der Waals surface area contributed by atoms with Gasteiger partial charge in [-0.15, -0.1) is 11.3 Å². The van der Waals surface area contributed by atoms with Crippen molar-refractivity contribution in [1.82, 2.24) is 0 Å². The van der Waals surface area contributed by atoms with Gasteiger partial charge in [-0.25, -0.2) is 8.42 Å². The van der Waals surface area contributed by atoms with Crippen molar-refractivity contribution < 1.29 is 42.5 Å². The predicted octanol–water partition coefficient (Wildman–Crippen LogP) is -0.819. The van der Waals surface area contributed by atoms with Crippen LogP contribution in [0, 0.1) is 0 Å². The third-order valence-corrected chi connectivity index (χ3v) is 4.49. The fraction of sp³-hybridized carbons (Fsp3) is 0. The molecule has 0 N–H and O–H groups in total. The van der Waals surface area contributed by atoms with E-state index in [1.54, 1.807) is 0 Å². The summed E-state index contributed by atoms with van der Waals surface area (Å²) in [4.78, 5) is -0.214. The average Bonchev–Trinajstić information content (AvgIpc) is 2.08. The smallest absolute Gasteiger partial charge is 0.744 e. The number of hydrogen-bond donors (Lipinski definition) is 0. The van der Waals surface area contributed by atoms with Crippen LogP contribution in [0.1, 0.15) is 0 Å². The third kappa shape index (κ3) is 3.38. The number of thiophene rings is 1. The van der Waals surface area contributed by atoms with Gasteiger partial charge in [0.05, 0.1) is 12.5 Å². The van der Waals surface area contributed by atoms with Gasteiger partial charge in [-0.3, -0.25) is 0 Å². The van der Waals surface area contributed by atoms with Gasteiger partial charge in [-0.05, 0) is 37.9 Å². The molecule has 1 aromatic rings. The van der Waals surface area contributed by atoms with Crippen molar-refractivity contribution in [3.05, 3.63) is 13.6 Å². The minimum absolute atomic E-state index is 0. The Hall–Kier alpha value is 1.57. The van der Waals surface area contributed by atoms with Crippen LogP contribution in [0.25, 0.3) is 0 Å². The van der Waals surface area contributed by atoms with Gasteiger partial charge in [0.1, 0.15) is 10.1 Å². The minimum Gasteiger partial charge on any atom is -0.744 e. The predicted molar refractivity (Wildman–Crippen MR) is 47.7 cm³/mol. The Morgan fingerprint density at radius 1 is 1.42 bits per heavy atom. The van der Waals surface area contributed by atoms with E-state index in [0.29, 0.717) is 7.57 Å². The molecule has 8 heteroatoms. The van der Waals surface area contributed by atoms with E-state index in [9.17, 15) is 13.0 Å². The van der Waals surface area contributed by atoms with Crippen LogP contribution in [-0.4, -0.2) is 13.0 Å². The molecule has 0 aliphatic heterocycles. The summed E-state index contributed by atoms with van der Waals surface area (Å²) in [6, 6.07) is 1.27. The van der Waals surface area contributed by atoms with Crippen LogP contribution in [0.15, 0.2) is 18.5 Å². The van der Waals surface area contributed by atoms with Gasteiger partial charge in [0.15, 0.2) is 0 Å². The standard InChI is InChI=1S/C4H2Br2O3S2.Na/c5-3-1-2(4(6)10-3)11(7,8)9;/h1H,(H,7,8,9);/q;+1/p-1. The number of rotatable bonds is 1. The summed E-state index contributed by atoms with van der Waals surface area (Å²) in [7, 11) is -4.33. The molecule has 0 aliphatic carbocycles. The Bertz CT molecular complexity index is 372.